The third-order valence-corrected chi connectivity index (χ3v) is 9.10. The van der Waals surface area contributed by atoms with E-state index in [4.69, 9.17) is 9.15 Å². The zero-order valence-corrected chi connectivity index (χ0v) is 25.7. The van der Waals surface area contributed by atoms with Crippen LogP contribution in [-0.2, 0) is 26.8 Å². The van der Waals surface area contributed by atoms with Gasteiger partial charge < -0.3 is 14.1 Å². The fourth-order valence-corrected chi connectivity index (χ4v) is 6.40. The number of ether oxygens (including phenoxy) is 1. The van der Waals surface area contributed by atoms with Gasteiger partial charge in [-0.3, -0.25) is 9.11 Å². The quantitative estimate of drug-likeness (QED) is 0.134. The van der Waals surface area contributed by atoms with Crippen molar-refractivity contribution in [2.75, 3.05) is 23.0 Å². The molecule has 4 aromatic carbocycles. The molecule has 0 radical (unpaired) electrons. The maximum atomic E-state index is 11.5. The molecular formula is C33H31N2O8S2+. The van der Waals surface area contributed by atoms with Crippen LogP contribution < -0.4 is 14.2 Å². The van der Waals surface area contributed by atoms with Gasteiger partial charge in [-0.15, -0.1) is 0 Å². The van der Waals surface area contributed by atoms with Crippen LogP contribution in [-0.4, -0.2) is 44.0 Å². The first-order valence-corrected chi connectivity index (χ1v) is 17.5. The summed E-state index contributed by atoms with van der Waals surface area (Å²) in [5.74, 6) is 0.459. The number of aromatic nitrogens is 1. The van der Waals surface area contributed by atoms with Crippen molar-refractivity contribution in [2.45, 2.75) is 19.4 Å². The number of aryl methyl sites for hydroxylation is 1. The molecule has 0 unspecified atom stereocenters. The maximum Gasteiger partial charge on any atom is 0.379 e. The molecule has 0 saturated heterocycles. The van der Waals surface area contributed by atoms with Gasteiger partial charge in [-0.1, -0.05) is 72.8 Å². The van der Waals surface area contributed by atoms with Crippen LogP contribution in [0.4, 0.5) is 5.69 Å². The highest BCUT2D eigenvalue weighted by atomic mass is 32.2. The summed E-state index contributed by atoms with van der Waals surface area (Å²) < 4.78 is 79.2. The van der Waals surface area contributed by atoms with E-state index in [2.05, 4.69) is 0 Å². The second-order valence-corrected chi connectivity index (χ2v) is 13.8. The van der Waals surface area contributed by atoms with Gasteiger partial charge in [-0.25, -0.2) is 0 Å². The summed E-state index contributed by atoms with van der Waals surface area (Å²) in [7, 11) is -8.35. The van der Waals surface area contributed by atoms with E-state index in [1.807, 2.05) is 107 Å². The minimum atomic E-state index is -4.17. The fourth-order valence-electron chi connectivity index (χ4n) is 5.41. The van der Waals surface area contributed by atoms with Crippen molar-refractivity contribution in [3.63, 3.8) is 0 Å². The Morgan fingerprint density at radius 3 is 1.96 bits per heavy atom. The zero-order chi connectivity index (χ0) is 31.6. The molecule has 1 aliphatic heterocycles. The van der Waals surface area contributed by atoms with Gasteiger partial charge in [0.25, 0.3) is 25.8 Å². The summed E-state index contributed by atoms with van der Waals surface area (Å²) in [5, 5.41) is 0. The highest BCUT2D eigenvalue weighted by molar-refractivity contribution is 7.86. The molecule has 0 amide bonds. The fraction of sp³-hybridized carbons (Fsp3) is 0.182. The SMILES string of the molecule is O=S(=O)(O)CCCN1/C(=C/c2oc3ccc(-c4ccccc4)cc3[n+]2CCCS(=O)(=O)O)Oc2ccc(-c3ccccc3)cc21. The van der Waals surface area contributed by atoms with Crippen LogP contribution in [0.5, 0.6) is 5.75 Å². The third-order valence-electron chi connectivity index (χ3n) is 7.49. The summed E-state index contributed by atoms with van der Waals surface area (Å²) >= 11 is 0. The standard InChI is InChI=1S/C33H30N2O8S2/c36-44(37,38)19-7-17-34-28-21-26(24-9-3-1-4-10-24)13-15-30(28)42-32(34)23-33-35(18-8-20-45(39,40)41)29-22-27(14-16-31(29)43-33)25-11-5-2-6-12-25/h1-6,9-16,21-23H,7-8,17-20H2,(H-,36,37,38,39,40,41)/p+1. The van der Waals surface area contributed by atoms with Crippen LogP contribution >= 0.6 is 0 Å². The van der Waals surface area contributed by atoms with E-state index in [0.717, 1.165) is 33.5 Å². The Morgan fingerprint density at radius 1 is 0.711 bits per heavy atom. The van der Waals surface area contributed by atoms with Crippen LogP contribution in [0.1, 0.15) is 18.7 Å². The largest absolute Gasteiger partial charge is 0.438 e. The molecule has 0 bridgehead atoms. The number of hydrogen-bond acceptors (Lipinski definition) is 7. The zero-order valence-electron chi connectivity index (χ0n) is 24.1. The number of oxazole rings is 1. The van der Waals surface area contributed by atoms with Crippen molar-refractivity contribution < 1.29 is 39.7 Å². The lowest BCUT2D eigenvalue weighted by molar-refractivity contribution is -0.677. The van der Waals surface area contributed by atoms with E-state index >= 15 is 0 Å². The second kappa shape index (κ2) is 12.5. The molecule has 232 valence electrons. The van der Waals surface area contributed by atoms with Crippen molar-refractivity contribution in [1.29, 1.82) is 0 Å². The number of rotatable bonds is 11. The molecule has 0 fully saturated rings. The molecule has 10 nitrogen and oxygen atoms in total. The number of fused-ring (bicyclic) bond motifs is 2. The molecule has 45 heavy (non-hydrogen) atoms. The van der Waals surface area contributed by atoms with E-state index in [0.29, 0.717) is 23.1 Å². The molecule has 5 aromatic rings. The molecule has 0 aliphatic carbocycles. The molecule has 0 saturated carbocycles. The highest BCUT2D eigenvalue weighted by Gasteiger charge is 2.31. The predicted octanol–water partition coefficient (Wildman–Crippen LogP) is 5.81. The molecule has 0 spiro atoms. The van der Waals surface area contributed by atoms with Crippen LogP contribution in [0.3, 0.4) is 0 Å². The number of benzene rings is 4. The van der Waals surface area contributed by atoms with E-state index in [1.54, 1.807) is 6.08 Å². The van der Waals surface area contributed by atoms with Crippen molar-refractivity contribution in [3.05, 3.63) is 109 Å². The molecule has 2 heterocycles. The van der Waals surface area contributed by atoms with Crippen molar-refractivity contribution >= 4 is 43.1 Å². The van der Waals surface area contributed by atoms with Crippen LogP contribution in [0.15, 0.2) is 107 Å². The lowest BCUT2D eigenvalue weighted by Crippen LogP contribution is -2.36. The Kier molecular flexibility index (Phi) is 8.47. The van der Waals surface area contributed by atoms with Gasteiger partial charge in [0.1, 0.15) is 6.08 Å². The average Bonchev–Trinajstić information content (AvgIpc) is 3.53. The molecular weight excluding hydrogens is 617 g/mol. The topological polar surface area (TPSA) is 138 Å². The molecule has 1 aliphatic rings. The van der Waals surface area contributed by atoms with Crippen LogP contribution in [0, 0.1) is 0 Å². The Labute approximate surface area is 261 Å². The monoisotopic (exact) mass is 647 g/mol. The third kappa shape index (κ3) is 7.26. The average molecular weight is 648 g/mol. The lowest BCUT2D eigenvalue weighted by atomic mass is 10.0. The summed E-state index contributed by atoms with van der Waals surface area (Å²) in [4.78, 5) is 1.83. The van der Waals surface area contributed by atoms with Crippen molar-refractivity contribution in [3.8, 4) is 28.0 Å². The Bertz CT molecular complexity index is 2090. The van der Waals surface area contributed by atoms with Gasteiger partial charge in [-0.05, 0) is 46.9 Å². The van der Waals surface area contributed by atoms with Gasteiger partial charge in [0.15, 0.2) is 12.3 Å². The van der Waals surface area contributed by atoms with Gasteiger partial charge in [0.2, 0.25) is 11.5 Å². The Morgan fingerprint density at radius 2 is 1.31 bits per heavy atom. The number of hydrogen-bond donors (Lipinski definition) is 2. The molecule has 1 aromatic heterocycles. The molecule has 0 atom stereocenters. The second-order valence-electron chi connectivity index (χ2n) is 10.7. The molecule has 2 N–H and O–H groups in total. The number of nitrogens with zero attached hydrogens (tertiary/aromatic N) is 2. The van der Waals surface area contributed by atoms with Gasteiger partial charge >= 0.3 is 5.89 Å². The predicted molar refractivity (Wildman–Crippen MR) is 172 cm³/mol. The van der Waals surface area contributed by atoms with Gasteiger partial charge in [0, 0.05) is 19.0 Å². The normalized spacial score (nSPS) is 14.2. The Hall–Kier alpha value is -4.49. The van der Waals surface area contributed by atoms with Crippen LogP contribution in [0.2, 0.25) is 0 Å². The first-order chi connectivity index (χ1) is 21.5. The van der Waals surface area contributed by atoms with Gasteiger partial charge in [0.05, 0.1) is 17.2 Å². The number of anilines is 1. The van der Waals surface area contributed by atoms with Crippen molar-refractivity contribution in [1.82, 2.24) is 0 Å². The minimum Gasteiger partial charge on any atom is -0.438 e. The van der Waals surface area contributed by atoms with Gasteiger partial charge in [-0.2, -0.15) is 21.4 Å². The minimum absolute atomic E-state index is 0.128. The summed E-state index contributed by atoms with van der Waals surface area (Å²) in [6.45, 7) is 0.440. The first-order valence-electron chi connectivity index (χ1n) is 14.3. The molecule has 6 rings (SSSR count). The summed E-state index contributed by atoms with van der Waals surface area (Å²) in [6.07, 6.45) is 1.94. The Balaban J connectivity index is 1.42. The smallest absolute Gasteiger partial charge is 0.379 e. The van der Waals surface area contributed by atoms with E-state index in [9.17, 15) is 25.9 Å². The lowest BCUT2D eigenvalue weighted by Gasteiger charge is -2.18. The summed E-state index contributed by atoms with van der Waals surface area (Å²) in [6, 6.07) is 31.1. The first kappa shape index (κ1) is 30.5. The van der Waals surface area contributed by atoms with E-state index in [-0.39, 0.29) is 25.9 Å². The maximum absolute atomic E-state index is 11.5. The molecule has 12 heteroatoms. The van der Waals surface area contributed by atoms with E-state index in [1.165, 1.54) is 0 Å². The summed E-state index contributed by atoms with van der Waals surface area (Å²) in [5.41, 5.74) is 5.88. The van der Waals surface area contributed by atoms with Crippen molar-refractivity contribution in [2.24, 2.45) is 0 Å². The highest BCUT2D eigenvalue weighted by Crippen LogP contribution is 2.42. The van der Waals surface area contributed by atoms with E-state index < -0.39 is 31.7 Å². The van der Waals surface area contributed by atoms with Crippen LogP contribution in [0.25, 0.3) is 39.4 Å².